The molecule has 0 aliphatic rings. The number of nitrogens with zero attached hydrogens (tertiary/aromatic N) is 2. The summed E-state index contributed by atoms with van der Waals surface area (Å²) in [5, 5.41) is 11.3. The fourth-order valence-corrected chi connectivity index (χ4v) is 4.40. The molecule has 9 heteroatoms. The van der Waals surface area contributed by atoms with Gasteiger partial charge in [-0.2, -0.15) is 4.31 Å². The number of benzene rings is 3. The Hall–Kier alpha value is -3.72. The maximum atomic E-state index is 13.4. The van der Waals surface area contributed by atoms with Crippen molar-refractivity contribution in [2.24, 2.45) is 0 Å². The van der Waals surface area contributed by atoms with Crippen molar-refractivity contribution in [2.75, 3.05) is 10.9 Å². The first-order valence-electron chi connectivity index (χ1n) is 9.38. The summed E-state index contributed by atoms with van der Waals surface area (Å²) in [5.74, 6) is -0.391. The predicted octanol–water partition coefficient (Wildman–Crippen LogP) is 4.34. The second-order valence-electron chi connectivity index (χ2n) is 6.57. The SMILES string of the molecule is CCOc1ccc(N(C(=O)c2ccc(C)c([N+](=O)[O-])c2)S(=O)(=O)c2ccccc2)cc1. The molecule has 0 spiro atoms. The van der Waals surface area contributed by atoms with E-state index in [1.165, 1.54) is 43.3 Å². The number of hydrogen-bond donors (Lipinski definition) is 0. The summed E-state index contributed by atoms with van der Waals surface area (Å²) < 4.78 is 32.8. The van der Waals surface area contributed by atoms with E-state index < -0.39 is 20.9 Å². The van der Waals surface area contributed by atoms with Gasteiger partial charge < -0.3 is 4.74 Å². The van der Waals surface area contributed by atoms with Gasteiger partial charge in [0.2, 0.25) is 0 Å². The summed E-state index contributed by atoms with van der Waals surface area (Å²) in [6.07, 6.45) is 0. The minimum atomic E-state index is -4.30. The highest BCUT2D eigenvalue weighted by Crippen LogP contribution is 2.29. The van der Waals surface area contributed by atoms with E-state index in [0.717, 1.165) is 6.07 Å². The lowest BCUT2D eigenvalue weighted by Crippen LogP contribution is -2.37. The van der Waals surface area contributed by atoms with Crippen molar-refractivity contribution < 1.29 is 22.9 Å². The van der Waals surface area contributed by atoms with Crippen molar-refractivity contribution in [3.63, 3.8) is 0 Å². The number of carbonyl (C=O) groups is 1. The fraction of sp³-hybridized carbons (Fsp3) is 0.136. The maximum Gasteiger partial charge on any atom is 0.273 e. The van der Waals surface area contributed by atoms with Crippen LogP contribution in [0.4, 0.5) is 11.4 Å². The molecule has 3 aromatic rings. The van der Waals surface area contributed by atoms with Gasteiger partial charge in [-0.05, 0) is 56.3 Å². The maximum absolute atomic E-state index is 13.4. The molecule has 0 aliphatic heterocycles. The average Bonchev–Trinajstić information content (AvgIpc) is 2.76. The summed E-state index contributed by atoms with van der Waals surface area (Å²) in [7, 11) is -4.30. The number of carbonyl (C=O) groups excluding carboxylic acids is 1. The van der Waals surface area contributed by atoms with Crippen LogP contribution in [0.2, 0.25) is 0 Å². The summed E-state index contributed by atoms with van der Waals surface area (Å²) in [4.78, 5) is 24.0. The zero-order valence-electron chi connectivity index (χ0n) is 16.9. The number of sulfonamides is 1. The largest absolute Gasteiger partial charge is 0.494 e. The van der Waals surface area contributed by atoms with Crippen molar-refractivity contribution in [1.82, 2.24) is 0 Å². The van der Waals surface area contributed by atoms with Crippen LogP contribution in [-0.2, 0) is 10.0 Å². The monoisotopic (exact) mass is 440 g/mol. The van der Waals surface area contributed by atoms with Crippen LogP contribution in [0, 0.1) is 17.0 Å². The van der Waals surface area contributed by atoms with Crippen LogP contribution < -0.4 is 9.04 Å². The first-order chi connectivity index (χ1) is 14.8. The summed E-state index contributed by atoms with van der Waals surface area (Å²) >= 11 is 0. The fourth-order valence-electron chi connectivity index (χ4n) is 2.96. The Morgan fingerprint density at radius 3 is 2.26 bits per heavy atom. The molecule has 3 aromatic carbocycles. The van der Waals surface area contributed by atoms with Crippen LogP contribution in [0.15, 0.2) is 77.7 Å². The second-order valence-corrected chi connectivity index (χ2v) is 8.36. The third-order valence-corrected chi connectivity index (χ3v) is 6.23. The molecule has 0 heterocycles. The first kappa shape index (κ1) is 22.0. The Morgan fingerprint density at radius 2 is 1.68 bits per heavy atom. The number of nitro groups is 1. The quantitative estimate of drug-likeness (QED) is 0.400. The molecule has 0 N–H and O–H groups in total. The van der Waals surface area contributed by atoms with E-state index in [1.807, 2.05) is 6.92 Å². The van der Waals surface area contributed by atoms with Crippen molar-refractivity contribution in [3.05, 3.63) is 94.0 Å². The lowest BCUT2D eigenvalue weighted by Gasteiger charge is -2.23. The molecule has 0 saturated carbocycles. The topological polar surface area (TPSA) is 107 Å². The smallest absolute Gasteiger partial charge is 0.273 e. The van der Waals surface area contributed by atoms with Gasteiger partial charge in [0, 0.05) is 17.2 Å². The van der Waals surface area contributed by atoms with Gasteiger partial charge in [0.25, 0.3) is 21.6 Å². The van der Waals surface area contributed by atoms with E-state index in [0.29, 0.717) is 22.2 Å². The van der Waals surface area contributed by atoms with Gasteiger partial charge in [-0.1, -0.05) is 24.3 Å². The number of amides is 1. The zero-order chi connectivity index (χ0) is 22.6. The normalized spacial score (nSPS) is 11.0. The van der Waals surface area contributed by atoms with E-state index >= 15 is 0 Å². The van der Waals surface area contributed by atoms with Gasteiger partial charge in [0.15, 0.2) is 0 Å². The zero-order valence-corrected chi connectivity index (χ0v) is 17.7. The van der Waals surface area contributed by atoms with Gasteiger partial charge in [-0.15, -0.1) is 0 Å². The number of ether oxygens (including phenoxy) is 1. The Kier molecular flexibility index (Phi) is 6.36. The van der Waals surface area contributed by atoms with Crippen LogP contribution in [0.25, 0.3) is 0 Å². The van der Waals surface area contributed by atoms with Crippen LogP contribution in [0.3, 0.4) is 0 Å². The highest BCUT2D eigenvalue weighted by molar-refractivity contribution is 7.93. The van der Waals surface area contributed by atoms with Gasteiger partial charge in [-0.25, -0.2) is 8.42 Å². The molecule has 0 fully saturated rings. The summed E-state index contributed by atoms with van der Waals surface area (Å²) in [5.41, 5.74) is 0.0564. The lowest BCUT2D eigenvalue weighted by molar-refractivity contribution is -0.385. The van der Waals surface area contributed by atoms with Gasteiger partial charge in [0.1, 0.15) is 5.75 Å². The molecule has 8 nitrogen and oxygen atoms in total. The standard InChI is InChI=1S/C22H20N2O6S/c1-3-30-19-13-11-18(12-14-19)23(31(28,29)20-7-5-4-6-8-20)22(25)17-10-9-16(2)21(15-17)24(26)27/h4-15H,3H2,1-2H3. The molecule has 31 heavy (non-hydrogen) atoms. The third-order valence-electron chi connectivity index (χ3n) is 4.50. The summed E-state index contributed by atoms with van der Waals surface area (Å²) in [6, 6.07) is 17.4. The Bertz CT molecular complexity index is 1210. The average molecular weight is 440 g/mol. The molecule has 0 aliphatic carbocycles. The second kappa shape index (κ2) is 8.97. The summed E-state index contributed by atoms with van der Waals surface area (Å²) in [6.45, 7) is 3.78. The minimum Gasteiger partial charge on any atom is -0.494 e. The van der Waals surface area contributed by atoms with Crippen LogP contribution in [0.1, 0.15) is 22.8 Å². The van der Waals surface area contributed by atoms with Crippen molar-refractivity contribution in [2.45, 2.75) is 18.7 Å². The van der Waals surface area contributed by atoms with E-state index in [1.54, 1.807) is 30.3 Å². The molecular weight excluding hydrogens is 420 g/mol. The highest BCUT2D eigenvalue weighted by atomic mass is 32.2. The van der Waals surface area contributed by atoms with E-state index in [-0.39, 0.29) is 21.8 Å². The van der Waals surface area contributed by atoms with Crippen molar-refractivity contribution in [3.8, 4) is 5.75 Å². The Balaban J connectivity index is 2.15. The van der Waals surface area contributed by atoms with E-state index in [2.05, 4.69) is 0 Å². The first-order valence-corrected chi connectivity index (χ1v) is 10.8. The number of hydrogen-bond acceptors (Lipinski definition) is 6. The molecule has 0 aromatic heterocycles. The third kappa shape index (κ3) is 4.56. The Morgan fingerprint density at radius 1 is 1.03 bits per heavy atom. The molecule has 0 unspecified atom stereocenters. The number of rotatable bonds is 7. The molecular formula is C22H20N2O6S. The highest BCUT2D eigenvalue weighted by Gasteiger charge is 2.32. The molecule has 160 valence electrons. The number of aryl methyl sites for hydroxylation is 1. The molecule has 0 atom stereocenters. The molecule has 0 radical (unpaired) electrons. The van der Waals surface area contributed by atoms with E-state index in [4.69, 9.17) is 4.74 Å². The Labute approximate surface area is 179 Å². The van der Waals surface area contributed by atoms with Gasteiger partial charge in [-0.3, -0.25) is 14.9 Å². The van der Waals surface area contributed by atoms with Crippen LogP contribution in [-0.4, -0.2) is 25.9 Å². The van der Waals surface area contributed by atoms with Crippen LogP contribution >= 0.6 is 0 Å². The predicted molar refractivity (Wildman–Crippen MR) is 116 cm³/mol. The lowest BCUT2D eigenvalue weighted by atomic mass is 10.1. The number of anilines is 1. The minimum absolute atomic E-state index is 0.0838. The molecule has 0 bridgehead atoms. The van der Waals surface area contributed by atoms with Crippen molar-refractivity contribution >= 4 is 27.3 Å². The molecule has 0 saturated heterocycles. The van der Waals surface area contributed by atoms with Gasteiger partial charge in [0.05, 0.1) is 22.1 Å². The van der Waals surface area contributed by atoms with Gasteiger partial charge >= 0.3 is 0 Å². The van der Waals surface area contributed by atoms with Crippen LogP contribution in [0.5, 0.6) is 5.75 Å². The van der Waals surface area contributed by atoms with Crippen molar-refractivity contribution in [1.29, 1.82) is 0 Å². The number of nitro benzene ring substituents is 1. The van der Waals surface area contributed by atoms with E-state index in [9.17, 15) is 23.3 Å². The molecule has 3 rings (SSSR count). The molecule has 1 amide bonds.